The van der Waals surface area contributed by atoms with E-state index in [1.165, 1.54) is 23.3 Å². The van der Waals surface area contributed by atoms with Crippen molar-refractivity contribution in [2.24, 2.45) is 5.92 Å². The van der Waals surface area contributed by atoms with Gasteiger partial charge in [-0.25, -0.2) is 0 Å². The van der Waals surface area contributed by atoms with Crippen molar-refractivity contribution in [2.75, 3.05) is 31.2 Å². The largest absolute Gasteiger partial charge is 0.329 e. The minimum absolute atomic E-state index is 0.0306. The molecule has 1 aliphatic rings. The lowest BCUT2D eigenvalue weighted by atomic mass is 10.0. The molecule has 6 heteroatoms. The van der Waals surface area contributed by atoms with Gasteiger partial charge in [-0.15, -0.1) is 0 Å². The minimum Gasteiger partial charge on any atom is -0.329 e. The summed E-state index contributed by atoms with van der Waals surface area (Å²) in [5.41, 5.74) is 3.70. The van der Waals surface area contributed by atoms with Gasteiger partial charge in [0.1, 0.15) is 19.8 Å². The molecule has 1 saturated heterocycles. The van der Waals surface area contributed by atoms with Crippen LogP contribution in [0.4, 0.5) is 5.69 Å². The summed E-state index contributed by atoms with van der Waals surface area (Å²) in [6, 6.07) is 15.4. The average molecular weight is 464 g/mol. The fourth-order valence-electron chi connectivity index (χ4n) is 4.16. The Morgan fingerprint density at radius 3 is 2.29 bits per heavy atom. The van der Waals surface area contributed by atoms with Crippen molar-refractivity contribution < 1.29 is 14.4 Å². The number of hydrogen-bond donors (Lipinski definition) is 0. The number of rotatable bonds is 10. The molecule has 0 atom stereocenters. The molecule has 0 aromatic heterocycles. The van der Waals surface area contributed by atoms with Crippen LogP contribution in [0.1, 0.15) is 61.5 Å². The molecule has 3 amide bonds. The second-order valence-electron chi connectivity index (χ2n) is 9.62. The highest BCUT2D eigenvalue weighted by molar-refractivity contribution is 6.01. The van der Waals surface area contributed by atoms with Crippen molar-refractivity contribution >= 4 is 23.4 Å². The molecule has 0 N–H and O–H groups in total. The third-order valence-electron chi connectivity index (χ3n) is 6.11. The fraction of sp³-hybridized carbons (Fsp3) is 0.464. The molecule has 0 bridgehead atoms. The van der Waals surface area contributed by atoms with Gasteiger partial charge in [0.05, 0.1) is 0 Å². The number of benzene rings is 2. The van der Waals surface area contributed by atoms with Gasteiger partial charge in [-0.05, 0) is 55.5 Å². The van der Waals surface area contributed by atoms with Gasteiger partial charge >= 0.3 is 0 Å². The molecule has 2 aromatic carbocycles. The smallest absolute Gasteiger partial charge is 0.254 e. The normalized spacial score (nSPS) is 13.6. The first-order chi connectivity index (χ1) is 16.3. The quantitative estimate of drug-likeness (QED) is 0.482. The monoisotopic (exact) mass is 463 g/mol. The second-order valence-corrected chi connectivity index (χ2v) is 9.62. The average Bonchev–Trinajstić information content (AvgIpc) is 3.21. The molecule has 0 aliphatic carbocycles. The molecular weight excluding hydrogens is 426 g/mol. The summed E-state index contributed by atoms with van der Waals surface area (Å²) in [6.45, 7) is 8.91. The Morgan fingerprint density at radius 2 is 1.68 bits per heavy atom. The van der Waals surface area contributed by atoms with E-state index in [9.17, 15) is 14.4 Å². The summed E-state index contributed by atoms with van der Waals surface area (Å²) in [5.74, 6) is -0.261. The van der Waals surface area contributed by atoms with Crippen molar-refractivity contribution in [1.82, 2.24) is 9.80 Å². The van der Waals surface area contributed by atoms with Crippen LogP contribution in [0.15, 0.2) is 48.5 Å². The summed E-state index contributed by atoms with van der Waals surface area (Å²) in [6.07, 6.45) is 4.54. The summed E-state index contributed by atoms with van der Waals surface area (Å²) in [4.78, 5) is 43.7. The fourth-order valence-corrected chi connectivity index (χ4v) is 4.16. The topological polar surface area (TPSA) is 60.9 Å². The van der Waals surface area contributed by atoms with Crippen LogP contribution in [-0.2, 0) is 16.0 Å². The van der Waals surface area contributed by atoms with E-state index >= 15 is 0 Å². The lowest BCUT2D eigenvalue weighted by Gasteiger charge is -2.26. The van der Waals surface area contributed by atoms with Gasteiger partial charge in [-0.2, -0.15) is 0 Å². The molecule has 1 fully saturated rings. The molecule has 0 spiro atoms. The summed E-state index contributed by atoms with van der Waals surface area (Å²) >= 11 is 0. The highest BCUT2D eigenvalue weighted by Crippen LogP contribution is 2.20. The molecule has 34 heavy (non-hydrogen) atoms. The molecule has 182 valence electrons. The lowest BCUT2D eigenvalue weighted by molar-refractivity contribution is -0.132. The van der Waals surface area contributed by atoms with Crippen LogP contribution in [0.25, 0.3) is 0 Å². The van der Waals surface area contributed by atoms with Gasteiger partial charge in [0.15, 0.2) is 0 Å². The second kappa shape index (κ2) is 11.8. The number of unbranched alkanes of at least 4 members (excludes halogenated alkanes) is 2. The molecular formula is C28H37N3O3. The number of amides is 3. The third-order valence-corrected chi connectivity index (χ3v) is 6.11. The van der Waals surface area contributed by atoms with E-state index in [-0.39, 0.29) is 43.4 Å². The van der Waals surface area contributed by atoms with E-state index in [1.807, 2.05) is 69.3 Å². The summed E-state index contributed by atoms with van der Waals surface area (Å²) in [5, 5.41) is 0. The molecule has 0 saturated carbocycles. The number of aryl methyl sites for hydroxylation is 2. The molecule has 1 heterocycles. The Labute approximate surface area is 203 Å². The van der Waals surface area contributed by atoms with Crippen LogP contribution in [0.5, 0.6) is 0 Å². The van der Waals surface area contributed by atoms with Gasteiger partial charge in [-0.3, -0.25) is 19.3 Å². The first-order valence-corrected chi connectivity index (χ1v) is 12.3. The van der Waals surface area contributed by atoms with Gasteiger partial charge in [-0.1, -0.05) is 63.4 Å². The molecule has 6 nitrogen and oxygen atoms in total. The third kappa shape index (κ3) is 6.69. The number of anilines is 1. The van der Waals surface area contributed by atoms with E-state index in [0.29, 0.717) is 12.1 Å². The highest BCUT2D eigenvalue weighted by atomic mass is 16.2. The van der Waals surface area contributed by atoms with Crippen LogP contribution in [-0.4, -0.2) is 53.8 Å². The van der Waals surface area contributed by atoms with Gasteiger partial charge < -0.3 is 9.80 Å². The Hall–Kier alpha value is -3.15. The van der Waals surface area contributed by atoms with Crippen molar-refractivity contribution in [3.05, 3.63) is 65.2 Å². The first kappa shape index (κ1) is 25.5. The zero-order chi connectivity index (χ0) is 24.7. The molecule has 0 radical (unpaired) electrons. The number of carbonyl (C=O) groups excluding carboxylic acids is 3. The number of hydrogen-bond acceptors (Lipinski definition) is 3. The van der Waals surface area contributed by atoms with Gasteiger partial charge in [0.25, 0.3) is 5.91 Å². The van der Waals surface area contributed by atoms with Crippen molar-refractivity contribution in [2.45, 2.75) is 53.4 Å². The predicted octanol–water partition coefficient (Wildman–Crippen LogP) is 4.66. The van der Waals surface area contributed by atoms with E-state index in [4.69, 9.17) is 0 Å². The van der Waals surface area contributed by atoms with E-state index < -0.39 is 0 Å². The maximum atomic E-state index is 13.3. The first-order valence-electron chi connectivity index (χ1n) is 12.3. The maximum Gasteiger partial charge on any atom is 0.254 e. The SMILES string of the molecule is CCCCCc1ccc(C(=O)N(CC(=O)N2CC(=O)N(c3ccc(C)cc3)C2)CC(C)C)cc1. The minimum atomic E-state index is -0.215. The van der Waals surface area contributed by atoms with E-state index in [0.717, 1.165) is 24.1 Å². The van der Waals surface area contributed by atoms with Crippen LogP contribution in [0.3, 0.4) is 0 Å². The lowest BCUT2D eigenvalue weighted by Crippen LogP contribution is -2.44. The number of carbonyl (C=O) groups is 3. The van der Waals surface area contributed by atoms with Crippen LogP contribution in [0.2, 0.25) is 0 Å². The Balaban J connectivity index is 1.66. The predicted molar refractivity (Wildman–Crippen MR) is 136 cm³/mol. The van der Waals surface area contributed by atoms with Crippen molar-refractivity contribution in [3.63, 3.8) is 0 Å². The maximum absolute atomic E-state index is 13.3. The zero-order valence-corrected chi connectivity index (χ0v) is 20.9. The summed E-state index contributed by atoms with van der Waals surface area (Å²) < 4.78 is 0. The molecule has 3 rings (SSSR count). The molecule has 1 aliphatic heterocycles. The Morgan fingerprint density at radius 1 is 1.00 bits per heavy atom. The van der Waals surface area contributed by atoms with Crippen LogP contribution >= 0.6 is 0 Å². The molecule has 0 unspecified atom stereocenters. The Kier molecular flexibility index (Phi) is 8.85. The number of nitrogens with zero attached hydrogens (tertiary/aromatic N) is 3. The highest BCUT2D eigenvalue weighted by Gasteiger charge is 2.33. The standard InChI is InChI=1S/C28H37N3O3/c1-5-6-7-8-23-11-13-24(14-12-23)28(34)29(17-21(2)3)18-26(32)30-19-27(33)31(20-30)25-15-9-22(4)10-16-25/h9-16,21H,5-8,17-20H2,1-4H3. The van der Waals surface area contributed by atoms with Crippen LogP contribution in [0, 0.1) is 12.8 Å². The van der Waals surface area contributed by atoms with E-state index in [2.05, 4.69) is 6.92 Å². The van der Waals surface area contributed by atoms with Gasteiger partial charge in [0, 0.05) is 17.8 Å². The summed E-state index contributed by atoms with van der Waals surface area (Å²) in [7, 11) is 0. The zero-order valence-electron chi connectivity index (χ0n) is 20.9. The van der Waals surface area contributed by atoms with Gasteiger partial charge in [0.2, 0.25) is 11.8 Å². The van der Waals surface area contributed by atoms with Crippen LogP contribution < -0.4 is 4.90 Å². The van der Waals surface area contributed by atoms with Crippen molar-refractivity contribution in [3.8, 4) is 0 Å². The Bertz CT molecular complexity index is 983. The van der Waals surface area contributed by atoms with E-state index in [1.54, 1.807) is 9.80 Å². The van der Waals surface area contributed by atoms with Crippen molar-refractivity contribution in [1.29, 1.82) is 0 Å². The molecule has 2 aromatic rings.